The minimum atomic E-state index is -4.00. The van der Waals surface area contributed by atoms with Crippen molar-refractivity contribution in [2.24, 2.45) is 5.14 Å². The molecule has 24 heavy (non-hydrogen) atoms. The standard InChI is InChI=1S/C15H17N3O5S/c1-17(10-11-3-5-12(23-2)6-4-11)14-8-7-13(24(16,21)22)9-15(14)18(19)20/h3-9H,10H2,1-2H3,(H2,16,21,22). The van der Waals surface area contributed by atoms with Gasteiger partial charge in [0.25, 0.3) is 5.69 Å². The zero-order valence-corrected chi connectivity index (χ0v) is 14.0. The molecule has 2 N–H and O–H groups in total. The highest BCUT2D eigenvalue weighted by molar-refractivity contribution is 7.89. The number of methoxy groups -OCH3 is 1. The van der Waals surface area contributed by atoms with Crippen molar-refractivity contribution >= 4 is 21.4 Å². The lowest BCUT2D eigenvalue weighted by Crippen LogP contribution is -2.19. The zero-order valence-electron chi connectivity index (χ0n) is 13.2. The van der Waals surface area contributed by atoms with E-state index in [1.54, 1.807) is 31.2 Å². The highest BCUT2D eigenvalue weighted by Gasteiger charge is 2.21. The van der Waals surface area contributed by atoms with Crippen molar-refractivity contribution in [3.63, 3.8) is 0 Å². The molecule has 0 saturated heterocycles. The van der Waals surface area contributed by atoms with E-state index in [2.05, 4.69) is 0 Å². The van der Waals surface area contributed by atoms with E-state index in [0.717, 1.165) is 11.6 Å². The Labute approximate surface area is 139 Å². The summed E-state index contributed by atoms with van der Waals surface area (Å²) >= 11 is 0. The molecule has 0 aromatic heterocycles. The molecule has 0 atom stereocenters. The fourth-order valence-corrected chi connectivity index (χ4v) is 2.77. The summed E-state index contributed by atoms with van der Waals surface area (Å²) in [4.78, 5) is 12.0. The van der Waals surface area contributed by atoms with Crippen molar-refractivity contribution in [2.75, 3.05) is 19.1 Å². The Morgan fingerprint density at radius 1 is 1.21 bits per heavy atom. The molecule has 128 valence electrons. The first kappa shape index (κ1) is 17.7. The lowest BCUT2D eigenvalue weighted by Gasteiger charge is -2.19. The van der Waals surface area contributed by atoms with E-state index in [0.29, 0.717) is 18.0 Å². The van der Waals surface area contributed by atoms with Crippen LogP contribution >= 0.6 is 0 Å². The molecule has 0 spiro atoms. The van der Waals surface area contributed by atoms with Gasteiger partial charge in [-0.1, -0.05) is 12.1 Å². The molecule has 9 heteroatoms. The van der Waals surface area contributed by atoms with Crippen LogP contribution in [0.4, 0.5) is 11.4 Å². The number of primary sulfonamides is 1. The molecule has 8 nitrogen and oxygen atoms in total. The van der Waals surface area contributed by atoms with Gasteiger partial charge in [0.05, 0.1) is 16.9 Å². The molecule has 0 heterocycles. The average molecular weight is 351 g/mol. The van der Waals surface area contributed by atoms with Crippen molar-refractivity contribution < 1.29 is 18.1 Å². The summed E-state index contributed by atoms with van der Waals surface area (Å²) in [6.07, 6.45) is 0. The molecule has 0 amide bonds. The van der Waals surface area contributed by atoms with Crippen molar-refractivity contribution in [1.82, 2.24) is 0 Å². The maximum atomic E-state index is 11.4. The van der Waals surface area contributed by atoms with Crippen molar-refractivity contribution in [3.05, 3.63) is 58.1 Å². The number of hydrogen-bond donors (Lipinski definition) is 1. The Kier molecular flexibility index (Phi) is 5.05. The van der Waals surface area contributed by atoms with Crippen molar-refractivity contribution in [3.8, 4) is 5.75 Å². The molecule has 0 bridgehead atoms. The summed E-state index contributed by atoms with van der Waals surface area (Å²) in [5.41, 5.74) is 0.892. The van der Waals surface area contributed by atoms with E-state index in [9.17, 15) is 18.5 Å². The predicted molar refractivity (Wildman–Crippen MR) is 89.6 cm³/mol. The fourth-order valence-electron chi connectivity index (χ4n) is 2.24. The van der Waals surface area contributed by atoms with Crippen LogP contribution in [0.15, 0.2) is 47.4 Å². The predicted octanol–water partition coefficient (Wildman–Crippen LogP) is 1.89. The first-order valence-corrected chi connectivity index (χ1v) is 8.42. The van der Waals surface area contributed by atoms with Gasteiger partial charge in [0.1, 0.15) is 11.4 Å². The summed E-state index contributed by atoms with van der Waals surface area (Å²) in [5.74, 6) is 0.713. The average Bonchev–Trinajstić information content (AvgIpc) is 2.54. The van der Waals surface area contributed by atoms with Crippen LogP contribution in [0.1, 0.15) is 5.56 Å². The quantitative estimate of drug-likeness (QED) is 0.627. The third-order valence-corrected chi connectivity index (χ3v) is 4.37. The number of nitro groups is 1. The van der Waals surface area contributed by atoms with Gasteiger partial charge in [-0.05, 0) is 29.8 Å². The summed E-state index contributed by atoms with van der Waals surface area (Å²) in [7, 11) is -0.754. The van der Waals surface area contributed by atoms with Crippen LogP contribution in [-0.2, 0) is 16.6 Å². The smallest absolute Gasteiger partial charge is 0.293 e. The molecule has 2 rings (SSSR count). The summed E-state index contributed by atoms with van der Waals surface area (Å²) in [6, 6.07) is 10.9. The summed E-state index contributed by atoms with van der Waals surface area (Å²) in [5, 5.41) is 16.3. The van der Waals surface area contributed by atoms with Crippen LogP contribution in [0.3, 0.4) is 0 Å². The number of anilines is 1. The Hall–Kier alpha value is -2.65. The van der Waals surface area contributed by atoms with E-state index in [1.165, 1.54) is 12.1 Å². The van der Waals surface area contributed by atoms with E-state index >= 15 is 0 Å². The van der Waals surface area contributed by atoms with Crippen LogP contribution in [0, 0.1) is 10.1 Å². The minimum Gasteiger partial charge on any atom is -0.497 e. The molecular formula is C15H17N3O5S. The topological polar surface area (TPSA) is 116 Å². The molecule has 0 unspecified atom stereocenters. The third kappa shape index (κ3) is 4.00. The van der Waals surface area contributed by atoms with Crippen molar-refractivity contribution in [2.45, 2.75) is 11.4 Å². The van der Waals surface area contributed by atoms with E-state index in [-0.39, 0.29) is 10.6 Å². The van der Waals surface area contributed by atoms with Gasteiger partial charge in [-0.15, -0.1) is 0 Å². The highest BCUT2D eigenvalue weighted by atomic mass is 32.2. The second-order valence-electron chi connectivity index (χ2n) is 5.16. The molecule has 2 aromatic carbocycles. The second-order valence-corrected chi connectivity index (χ2v) is 6.72. The number of rotatable bonds is 6. The molecule has 0 saturated carbocycles. The van der Waals surface area contributed by atoms with Crippen molar-refractivity contribution in [1.29, 1.82) is 0 Å². The van der Waals surface area contributed by atoms with Gasteiger partial charge >= 0.3 is 0 Å². The van der Waals surface area contributed by atoms with Gasteiger partial charge in [-0.3, -0.25) is 10.1 Å². The maximum Gasteiger partial charge on any atom is 0.293 e. The third-order valence-electron chi connectivity index (χ3n) is 3.46. The maximum absolute atomic E-state index is 11.4. The molecular weight excluding hydrogens is 334 g/mol. The Morgan fingerprint density at radius 3 is 2.33 bits per heavy atom. The monoisotopic (exact) mass is 351 g/mol. The van der Waals surface area contributed by atoms with Gasteiger partial charge in [0.2, 0.25) is 10.0 Å². The highest BCUT2D eigenvalue weighted by Crippen LogP contribution is 2.30. The van der Waals surface area contributed by atoms with E-state index in [4.69, 9.17) is 9.88 Å². The van der Waals surface area contributed by atoms with E-state index < -0.39 is 14.9 Å². The SMILES string of the molecule is COc1ccc(CN(C)c2ccc(S(N)(=O)=O)cc2[N+](=O)[O-])cc1. The molecule has 0 fully saturated rings. The largest absolute Gasteiger partial charge is 0.497 e. The first-order chi connectivity index (χ1) is 11.2. The van der Waals surface area contributed by atoms with Gasteiger partial charge in [0, 0.05) is 19.7 Å². The van der Waals surface area contributed by atoms with E-state index in [1.807, 2.05) is 12.1 Å². The zero-order chi connectivity index (χ0) is 17.9. The van der Waals surface area contributed by atoms with Crippen LogP contribution in [0.25, 0.3) is 0 Å². The Bertz CT molecular complexity index is 850. The number of nitrogens with two attached hydrogens (primary N) is 1. The molecule has 0 aliphatic carbocycles. The van der Waals surface area contributed by atoms with Crippen LogP contribution in [-0.4, -0.2) is 27.5 Å². The number of hydrogen-bond acceptors (Lipinski definition) is 6. The lowest BCUT2D eigenvalue weighted by molar-refractivity contribution is -0.384. The molecule has 2 aromatic rings. The lowest BCUT2D eigenvalue weighted by atomic mass is 10.2. The number of sulfonamides is 1. The van der Waals surface area contributed by atoms with Crippen LogP contribution in [0.2, 0.25) is 0 Å². The summed E-state index contributed by atoms with van der Waals surface area (Å²) < 4.78 is 27.8. The number of nitrogens with zero attached hydrogens (tertiary/aromatic N) is 2. The summed E-state index contributed by atoms with van der Waals surface area (Å²) in [6.45, 7) is 0.402. The van der Waals surface area contributed by atoms with Gasteiger partial charge in [0.15, 0.2) is 0 Å². The van der Waals surface area contributed by atoms with Crippen LogP contribution < -0.4 is 14.8 Å². The van der Waals surface area contributed by atoms with Gasteiger partial charge in [-0.2, -0.15) is 0 Å². The molecule has 0 aliphatic heterocycles. The normalized spacial score (nSPS) is 11.1. The van der Waals surface area contributed by atoms with Crippen LogP contribution in [0.5, 0.6) is 5.75 Å². The number of nitro benzene ring substituents is 1. The fraction of sp³-hybridized carbons (Fsp3) is 0.200. The van der Waals surface area contributed by atoms with Gasteiger partial charge < -0.3 is 9.64 Å². The number of benzene rings is 2. The number of ether oxygens (including phenoxy) is 1. The van der Waals surface area contributed by atoms with Gasteiger partial charge in [-0.25, -0.2) is 13.6 Å². The minimum absolute atomic E-state index is 0.295. The second kappa shape index (κ2) is 6.85. The molecule has 0 aliphatic rings. The Balaban J connectivity index is 2.33. The molecule has 0 radical (unpaired) electrons. The first-order valence-electron chi connectivity index (χ1n) is 6.87. The Morgan fingerprint density at radius 2 is 1.83 bits per heavy atom.